The van der Waals surface area contributed by atoms with E-state index in [1.54, 1.807) is 0 Å². The van der Waals surface area contributed by atoms with E-state index >= 15 is 0 Å². The first-order valence-corrected chi connectivity index (χ1v) is 17.4. The lowest BCUT2D eigenvalue weighted by Crippen LogP contribution is -2.41. The molecule has 1 atom stereocenters. The maximum absolute atomic E-state index is 12.5. The van der Waals surface area contributed by atoms with Crippen LogP contribution in [0.25, 0.3) is 6.08 Å². The summed E-state index contributed by atoms with van der Waals surface area (Å²) < 4.78 is 13.7. The lowest BCUT2D eigenvalue weighted by Gasteiger charge is -2.41. The van der Waals surface area contributed by atoms with E-state index in [0.29, 0.717) is 33.5 Å². The van der Waals surface area contributed by atoms with Gasteiger partial charge in [0, 0.05) is 83.9 Å². The van der Waals surface area contributed by atoms with E-state index in [1.165, 1.54) is 5.56 Å². The number of anilines is 2. The number of hydrogen-bond donors (Lipinski definition) is 1. The number of carbonyl (C=O) groups is 1. The van der Waals surface area contributed by atoms with Crippen molar-refractivity contribution >= 4 is 69.8 Å². The van der Waals surface area contributed by atoms with Crippen molar-refractivity contribution in [2.75, 3.05) is 36.0 Å². The Kier molecular flexibility index (Phi) is 8.21. The van der Waals surface area contributed by atoms with Crippen molar-refractivity contribution in [3.63, 3.8) is 0 Å². The van der Waals surface area contributed by atoms with E-state index in [0.717, 1.165) is 79.1 Å². The fourth-order valence-electron chi connectivity index (χ4n) is 7.37. The molecule has 0 radical (unpaired) electrons. The van der Waals surface area contributed by atoms with Gasteiger partial charge in [-0.1, -0.05) is 58.6 Å². The second kappa shape index (κ2) is 11.8. The highest BCUT2D eigenvalue weighted by Crippen LogP contribution is 2.62. The first kappa shape index (κ1) is 32.0. The van der Waals surface area contributed by atoms with Crippen LogP contribution in [0.15, 0.2) is 30.3 Å². The predicted molar refractivity (Wildman–Crippen MR) is 189 cm³/mol. The van der Waals surface area contributed by atoms with Gasteiger partial charge in [0.25, 0.3) is 0 Å². The zero-order chi connectivity index (χ0) is 32.5. The number of likely N-dealkylation sites (N-methyl/N-ethyl adjacent to an activating group) is 1. The molecule has 6 nitrogen and oxygen atoms in total. The molecule has 1 amide bonds. The molecule has 4 aliphatic heterocycles. The van der Waals surface area contributed by atoms with Gasteiger partial charge >= 0.3 is 0 Å². The monoisotopic (exact) mass is 699 g/mol. The van der Waals surface area contributed by atoms with Crippen LogP contribution in [0.4, 0.5) is 11.4 Å². The molecule has 0 saturated heterocycles. The quantitative estimate of drug-likeness (QED) is 0.212. The van der Waals surface area contributed by atoms with Crippen molar-refractivity contribution in [2.24, 2.45) is 0 Å². The topological polar surface area (TPSA) is 54.0 Å². The number of nitrogens with one attached hydrogen (secondary N) is 1. The molecule has 1 N–H and O–H groups in total. The number of fused-ring (bicyclic) bond motifs is 8. The number of carbonyl (C=O) groups excluding carboxylic acids is 1. The zero-order valence-corrected chi connectivity index (χ0v) is 29.5. The number of rotatable bonds is 5. The summed E-state index contributed by atoms with van der Waals surface area (Å²) in [4.78, 5) is 17.2. The predicted octanol–water partition coefficient (Wildman–Crippen LogP) is 9.53. The van der Waals surface area contributed by atoms with Gasteiger partial charge in [0.15, 0.2) is 5.60 Å². The lowest BCUT2D eigenvalue weighted by atomic mass is 9.75. The maximum Gasteiger partial charge on any atom is 0.220 e. The molecule has 0 saturated carbocycles. The fourth-order valence-corrected chi connectivity index (χ4v) is 8.45. The average Bonchev–Trinajstić information content (AvgIpc) is 3.41. The molecule has 46 heavy (non-hydrogen) atoms. The van der Waals surface area contributed by atoms with Crippen LogP contribution in [0.2, 0.25) is 20.1 Å². The van der Waals surface area contributed by atoms with Crippen LogP contribution in [0.5, 0.6) is 11.5 Å². The van der Waals surface area contributed by atoms with Crippen molar-refractivity contribution < 1.29 is 14.3 Å². The number of nitrogens with zero attached hydrogens (tertiary/aromatic N) is 2. The molecule has 4 heterocycles. The molecule has 1 unspecified atom stereocenters. The SMILES string of the molecule is CCN1CC=Cc2cc3c(cc21)Oc1cc2c(cc1C31OCc3c(Cl)c(Cl)c(Cl)c(Cl)c31)CCCN2CCCC(=O)NC(C)(C)C. The Balaban J connectivity index is 1.36. The van der Waals surface area contributed by atoms with Crippen LogP contribution >= 0.6 is 46.4 Å². The van der Waals surface area contributed by atoms with Crippen LogP contribution in [0.1, 0.15) is 80.3 Å². The van der Waals surface area contributed by atoms with Crippen LogP contribution in [0.3, 0.4) is 0 Å². The fraction of sp³-hybridized carbons (Fsp3) is 0.417. The first-order valence-electron chi connectivity index (χ1n) is 15.9. The number of ether oxygens (including phenoxy) is 2. The Morgan fingerprint density at radius 3 is 2.41 bits per heavy atom. The Bertz CT molecular complexity index is 1800. The van der Waals surface area contributed by atoms with E-state index in [2.05, 4.69) is 58.5 Å². The van der Waals surface area contributed by atoms with Crippen LogP contribution in [-0.2, 0) is 28.2 Å². The molecular weight excluding hydrogens is 664 g/mol. The molecule has 3 aromatic rings. The smallest absolute Gasteiger partial charge is 0.220 e. The van der Waals surface area contributed by atoms with E-state index in [-0.39, 0.29) is 28.1 Å². The Labute approximate surface area is 290 Å². The Morgan fingerprint density at radius 2 is 1.67 bits per heavy atom. The molecule has 242 valence electrons. The standard InChI is InChI=1S/C36H37Cl4N3O3/c1-5-42-12-6-9-20-15-23-27(17-25(20)42)46-28-18-26-21(10-7-13-43(26)14-8-11-29(44)41-35(2,3)4)16-24(28)36(23)30-22(19-45-36)31(37)33(39)34(40)32(30)38/h6,9,15-18H,5,7-8,10-14,19H2,1-4H3,(H,41,44). The van der Waals surface area contributed by atoms with E-state index in [1.807, 2.05) is 20.8 Å². The molecule has 1 spiro atoms. The molecular formula is C36H37Cl4N3O3. The summed E-state index contributed by atoms with van der Waals surface area (Å²) in [5.41, 5.74) is 6.32. The van der Waals surface area contributed by atoms with Gasteiger partial charge in [-0.15, -0.1) is 0 Å². The van der Waals surface area contributed by atoms with Gasteiger partial charge in [-0.2, -0.15) is 0 Å². The Morgan fingerprint density at radius 1 is 0.957 bits per heavy atom. The highest BCUT2D eigenvalue weighted by molar-refractivity contribution is 6.52. The lowest BCUT2D eigenvalue weighted by molar-refractivity contribution is -0.122. The Hall–Kier alpha value is -2.61. The van der Waals surface area contributed by atoms with Crippen molar-refractivity contribution in [1.82, 2.24) is 5.32 Å². The van der Waals surface area contributed by atoms with E-state index in [4.69, 9.17) is 55.9 Å². The molecule has 4 aliphatic rings. The summed E-state index contributed by atoms with van der Waals surface area (Å²) in [5.74, 6) is 1.47. The van der Waals surface area contributed by atoms with Gasteiger partial charge in [0.05, 0.1) is 26.7 Å². The number of aryl methyl sites for hydroxylation is 1. The van der Waals surface area contributed by atoms with Gasteiger partial charge in [-0.05, 0) is 70.2 Å². The third-order valence-electron chi connectivity index (χ3n) is 9.34. The molecule has 3 aromatic carbocycles. The largest absolute Gasteiger partial charge is 0.456 e. The molecule has 10 heteroatoms. The van der Waals surface area contributed by atoms with Crippen LogP contribution < -0.4 is 19.9 Å². The normalized spacial score (nSPS) is 19.3. The number of hydrogen-bond acceptors (Lipinski definition) is 5. The summed E-state index contributed by atoms with van der Waals surface area (Å²) in [5, 5.41) is 4.19. The van der Waals surface area contributed by atoms with Crippen molar-refractivity contribution in [2.45, 2.75) is 71.1 Å². The van der Waals surface area contributed by atoms with Crippen molar-refractivity contribution in [1.29, 1.82) is 0 Å². The van der Waals surface area contributed by atoms with Gasteiger partial charge in [0.1, 0.15) is 11.5 Å². The summed E-state index contributed by atoms with van der Waals surface area (Å²) in [6.07, 6.45) is 7.46. The molecule has 0 aliphatic carbocycles. The van der Waals surface area contributed by atoms with Gasteiger partial charge in [-0.3, -0.25) is 4.79 Å². The minimum atomic E-state index is -1.10. The van der Waals surface area contributed by atoms with Gasteiger partial charge < -0.3 is 24.6 Å². The summed E-state index contributed by atoms with van der Waals surface area (Å²) >= 11 is 27.2. The third kappa shape index (κ3) is 5.16. The first-order chi connectivity index (χ1) is 21.9. The molecule has 7 rings (SSSR count). The molecule has 0 aromatic heterocycles. The number of halogens is 4. The van der Waals surface area contributed by atoms with Crippen molar-refractivity contribution in [3.05, 3.63) is 83.8 Å². The molecule has 0 fully saturated rings. The van der Waals surface area contributed by atoms with Gasteiger partial charge in [0.2, 0.25) is 5.91 Å². The highest BCUT2D eigenvalue weighted by atomic mass is 35.5. The highest BCUT2D eigenvalue weighted by Gasteiger charge is 2.53. The van der Waals surface area contributed by atoms with Gasteiger partial charge in [-0.25, -0.2) is 0 Å². The van der Waals surface area contributed by atoms with E-state index < -0.39 is 5.60 Å². The number of amides is 1. The van der Waals surface area contributed by atoms with Crippen LogP contribution in [0, 0.1) is 0 Å². The summed E-state index contributed by atoms with van der Waals surface area (Å²) in [6.45, 7) is 11.7. The van der Waals surface area contributed by atoms with Crippen molar-refractivity contribution in [3.8, 4) is 11.5 Å². The zero-order valence-electron chi connectivity index (χ0n) is 26.5. The number of benzene rings is 3. The molecule has 0 bridgehead atoms. The second-order valence-corrected chi connectivity index (χ2v) is 15.0. The van der Waals surface area contributed by atoms with Crippen LogP contribution in [-0.4, -0.2) is 37.6 Å². The average molecular weight is 702 g/mol. The summed E-state index contributed by atoms with van der Waals surface area (Å²) in [7, 11) is 0. The van der Waals surface area contributed by atoms with E-state index in [9.17, 15) is 4.79 Å². The maximum atomic E-state index is 12.5. The minimum Gasteiger partial charge on any atom is -0.456 e. The minimum absolute atomic E-state index is 0.0720. The summed E-state index contributed by atoms with van der Waals surface area (Å²) in [6, 6.07) is 8.61. The third-order valence-corrected chi connectivity index (χ3v) is 11.2. The second-order valence-electron chi connectivity index (χ2n) is 13.5.